The predicted molar refractivity (Wildman–Crippen MR) is 136 cm³/mol. The van der Waals surface area contributed by atoms with Crippen LogP contribution in [0, 0.1) is 0 Å². The summed E-state index contributed by atoms with van der Waals surface area (Å²) in [5.41, 5.74) is 0.503. The fourth-order valence-corrected chi connectivity index (χ4v) is 3.60. The van der Waals surface area contributed by atoms with Gasteiger partial charge in [0.2, 0.25) is 0 Å². The minimum atomic E-state index is -0.378. The molecule has 0 aliphatic heterocycles. The van der Waals surface area contributed by atoms with E-state index in [0.717, 1.165) is 30.9 Å². The fraction of sp³-hybridized carbons (Fsp3) is 0.552. The lowest BCUT2D eigenvalue weighted by atomic mass is 10.1. The van der Waals surface area contributed by atoms with Crippen LogP contribution in [0.4, 0.5) is 0 Å². The van der Waals surface area contributed by atoms with E-state index in [0.29, 0.717) is 17.9 Å². The van der Waals surface area contributed by atoms with Gasteiger partial charge in [-0.15, -0.1) is 0 Å². The SMILES string of the molecule is CCCCCCCCCCOc1ccc(OC(=O)c2ccc(OCCCCCC)cc2)cc1. The maximum Gasteiger partial charge on any atom is 0.343 e. The molecule has 0 amide bonds. The van der Waals surface area contributed by atoms with Crippen molar-refractivity contribution in [3.8, 4) is 17.2 Å². The number of esters is 1. The van der Waals surface area contributed by atoms with Crippen molar-refractivity contribution in [2.75, 3.05) is 13.2 Å². The molecule has 0 N–H and O–H groups in total. The second-order valence-corrected chi connectivity index (χ2v) is 8.62. The van der Waals surface area contributed by atoms with Crippen molar-refractivity contribution in [3.05, 3.63) is 54.1 Å². The first-order valence-corrected chi connectivity index (χ1v) is 12.9. The first kappa shape index (κ1) is 26.8. The fourth-order valence-electron chi connectivity index (χ4n) is 3.60. The summed E-state index contributed by atoms with van der Waals surface area (Å²) in [4.78, 5) is 12.4. The van der Waals surface area contributed by atoms with Crippen molar-refractivity contribution < 1.29 is 19.0 Å². The smallest absolute Gasteiger partial charge is 0.343 e. The van der Waals surface area contributed by atoms with Crippen LogP contribution in [-0.2, 0) is 0 Å². The molecule has 0 saturated carbocycles. The second kappa shape index (κ2) is 17.0. The zero-order valence-corrected chi connectivity index (χ0v) is 20.7. The van der Waals surface area contributed by atoms with Crippen LogP contribution in [0.25, 0.3) is 0 Å². The number of hydrogen-bond donors (Lipinski definition) is 0. The van der Waals surface area contributed by atoms with Crippen molar-refractivity contribution in [2.45, 2.75) is 90.9 Å². The summed E-state index contributed by atoms with van der Waals surface area (Å²) >= 11 is 0. The molecule has 0 aromatic heterocycles. The average Bonchev–Trinajstić information content (AvgIpc) is 2.84. The molecular weight excluding hydrogens is 412 g/mol. The quantitative estimate of drug-likeness (QED) is 0.129. The molecule has 182 valence electrons. The van der Waals surface area contributed by atoms with Crippen LogP contribution in [0.3, 0.4) is 0 Å². The number of carbonyl (C=O) groups excluding carboxylic acids is 1. The molecule has 33 heavy (non-hydrogen) atoms. The van der Waals surface area contributed by atoms with E-state index in [4.69, 9.17) is 14.2 Å². The highest BCUT2D eigenvalue weighted by atomic mass is 16.5. The topological polar surface area (TPSA) is 44.8 Å². The Kier molecular flexibility index (Phi) is 13.8. The van der Waals surface area contributed by atoms with Gasteiger partial charge in [-0.1, -0.05) is 78.1 Å². The van der Waals surface area contributed by atoms with E-state index in [1.165, 1.54) is 64.2 Å². The molecule has 0 bridgehead atoms. The monoisotopic (exact) mass is 454 g/mol. The molecule has 2 aromatic carbocycles. The lowest BCUT2D eigenvalue weighted by Gasteiger charge is -2.09. The largest absolute Gasteiger partial charge is 0.494 e. The van der Waals surface area contributed by atoms with Crippen molar-refractivity contribution in [2.24, 2.45) is 0 Å². The molecule has 4 heteroatoms. The molecule has 2 aromatic rings. The maximum atomic E-state index is 12.4. The zero-order valence-electron chi connectivity index (χ0n) is 20.7. The Hall–Kier alpha value is -2.49. The van der Waals surface area contributed by atoms with E-state index in [9.17, 15) is 4.79 Å². The van der Waals surface area contributed by atoms with Gasteiger partial charge in [0.25, 0.3) is 0 Å². The van der Waals surface area contributed by atoms with Crippen LogP contribution in [0.1, 0.15) is 101 Å². The van der Waals surface area contributed by atoms with E-state index in [-0.39, 0.29) is 5.97 Å². The molecule has 0 fully saturated rings. The average molecular weight is 455 g/mol. The number of hydrogen-bond acceptors (Lipinski definition) is 4. The molecule has 0 saturated heterocycles. The first-order valence-electron chi connectivity index (χ1n) is 12.9. The third kappa shape index (κ3) is 11.8. The van der Waals surface area contributed by atoms with Crippen molar-refractivity contribution in [1.29, 1.82) is 0 Å². The normalized spacial score (nSPS) is 10.7. The third-order valence-electron chi connectivity index (χ3n) is 5.66. The van der Waals surface area contributed by atoms with Crippen LogP contribution >= 0.6 is 0 Å². The molecule has 0 aliphatic carbocycles. The molecule has 4 nitrogen and oxygen atoms in total. The van der Waals surface area contributed by atoms with Gasteiger partial charge in [-0.25, -0.2) is 4.79 Å². The summed E-state index contributed by atoms with van der Waals surface area (Å²) in [6, 6.07) is 14.4. The van der Waals surface area contributed by atoms with E-state index in [1.807, 2.05) is 24.3 Å². The van der Waals surface area contributed by atoms with Gasteiger partial charge in [0.05, 0.1) is 18.8 Å². The molecule has 0 atom stereocenters. The summed E-state index contributed by atoms with van der Waals surface area (Å²) < 4.78 is 17.0. The molecular formula is C29H42O4. The van der Waals surface area contributed by atoms with Crippen LogP contribution in [0.15, 0.2) is 48.5 Å². The van der Waals surface area contributed by atoms with Gasteiger partial charge >= 0.3 is 5.97 Å². The molecule has 2 rings (SSSR count). The Labute approximate surface area is 200 Å². The lowest BCUT2D eigenvalue weighted by Crippen LogP contribution is -2.08. The van der Waals surface area contributed by atoms with Crippen molar-refractivity contribution >= 4 is 5.97 Å². The van der Waals surface area contributed by atoms with Crippen LogP contribution in [0.2, 0.25) is 0 Å². The molecule has 0 unspecified atom stereocenters. The summed E-state index contributed by atoms with van der Waals surface area (Å²) in [5.74, 6) is 1.71. The van der Waals surface area contributed by atoms with E-state index in [2.05, 4.69) is 13.8 Å². The van der Waals surface area contributed by atoms with Gasteiger partial charge in [-0.2, -0.15) is 0 Å². The second-order valence-electron chi connectivity index (χ2n) is 8.62. The Morgan fingerprint density at radius 2 is 0.939 bits per heavy atom. The molecule has 0 radical (unpaired) electrons. The molecule has 0 aliphatic rings. The van der Waals surface area contributed by atoms with Crippen LogP contribution in [0.5, 0.6) is 17.2 Å². The highest BCUT2D eigenvalue weighted by molar-refractivity contribution is 5.91. The van der Waals surface area contributed by atoms with Crippen LogP contribution in [-0.4, -0.2) is 19.2 Å². The van der Waals surface area contributed by atoms with Gasteiger partial charge in [-0.05, 0) is 61.4 Å². The molecule has 0 spiro atoms. The van der Waals surface area contributed by atoms with E-state index < -0.39 is 0 Å². The van der Waals surface area contributed by atoms with E-state index in [1.54, 1.807) is 24.3 Å². The Bertz CT molecular complexity index is 752. The Morgan fingerprint density at radius 3 is 1.45 bits per heavy atom. The summed E-state index contributed by atoms with van der Waals surface area (Å²) in [5, 5.41) is 0. The van der Waals surface area contributed by atoms with Crippen molar-refractivity contribution in [3.63, 3.8) is 0 Å². The summed E-state index contributed by atoms with van der Waals surface area (Å²) in [6.45, 7) is 5.87. The number of rotatable bonds is 18. The number of unbranched alkanes of at least 4 members (excludes halogenated alkanes) is 10. The van der Waals surface area contributed by atoms with Gasteiger partial charge in [0.1, 0.15) is 17.2 Å². The maximum absolute atomic E-state index is 12.4. The number of benzene rings is 2. The predicted octanol–water partition coefficient (Wildman–Crippen LogP) is 8.38. The van der Waals surface area contributed by atoms with Gasteiger partial charge < -0.3 is 14.2 Å². The summed E-state index contributed by atoms with van der Waals surface area (Å²) in [6.07, 6.45) is 15.0. The summed E-state index contributed by atoms with van der Waals surface area (Å²) in [7, 11) is 0. The van der Waals surface area contributed by atoms with Crippen molar-refractivity contribution in [1.82, 2.24) is 0 Å². The molecule has 0 heterocycles. The minimum Gasteiger partial charge on any atom is -0.494 e. The van der Waals surface area contributed by atoms with Gasteiger partial charge in [0, 0.05) is 0 Å². The third-order valence-corrected chi connectivity index (χ3v) is 5.66. The highest BCUT2D eigenvalue weighted by Gasteiger charge is 2.09. The van der Waals surface area contributed by atoms with Gasteiger partial charge in [-0.3, -0.25) is 0 Å². The first-order chi connectivity index (χ1) is 16.2. The standard InChI is InChI=1S/C29H42O4/c1-3-5-7-9-10-11-12-14-24-32-27-19-21-28(22-20-27)33-29(30)25-15-17-26(18-16-25)31-23-13-8-6-4-2/h15-22H,3-14,23-24H2,1-2H3. The Morgan fingerprint density at radius 1 is 0.545 bits per heavy atom. The minimum absolute atomic E-state index is 0.378. The lowest BCUT2D eigenvalue weighted by molar-refractivity contribution is 0.0734. The number of ether oxygens (including phenoxy) is 3. The number of carbonyl (C=O) groups is 1. The Balaban J connectivity index is 1.63. The zero-order chi connectivity index (χ0) is 23.6. The van der Waals surface area contributed by atoms with E-state index >= 15 is 0 Å². The highest BCUT2D eigenvalue weighted by Crippen LogP contribution is 2.20. The van der Waals surface area contributed by atoms with Crippen LogP contribution < -0.4 is 14.2 Å². The van der Waals surface area contributed by atoms with Gasteiger partial charge in [0.15, 0.2) is 0 Å².